The average Bonchev–Trinajstić information content (AvgIpc) is 2.58. The Morgan fingerprint density at radius 3 is 2.39 bits per heavy atom. The zero-order valence-electron chi connectivity index (χ0n) is 12.1. The molecule has 0 aromatic heterocycles. The summed E-state index contributed by atoms with van der Waals surface area (Å²) in [5, 5.41) is 3.53. The van der Waals surface area contributed by atoms with Gasteiger partial charge < -0.3 is 15.0 Å². The van der Waals surface area contributed by atoms with Crippen molar-refractivity contribution in [3.05, 3.63) is 0 Å². The molecule has 2 fully saturated rings. The average molecular weight is 254 g/mol. The van der Waals surface area contributed by atoms with Gasteiger partial charge in [0.15, 0.2) is 0 Å². The van der Waals surface area contributed by atoms with E-state index in [1.54, 1.807) is 0 Å². The van der Waals surface area contributed by atoms with Crippen LogP contribution in [0.1, 0.15) is 47.0 Å². The second kappa shape index (κ2) is 4.72. The minimum Gasteiger partial charge on any atom is -0.444 e. The molecule has 2 heterocycles. The van der Waals surface area contributed by atoms with E-state index in [9.17, 15) is 4.79 Å². The van der Waals surface area contributed by atoms with Crippen molar-refractivity contribution in [1.29, 1.82) is 0 Å². The number of amides is 1. The smallest absolute Gasteiger partial charge is 0.410 e. The van der Waals surface area contributed by atoms with E-state index in [4.69, 9.17) is 4.74 Å². The molecule has 2 rings (SSSR count). The molecule has 1 atom stereocenters. The number of nitrogens with one attached hydrogen (secondary N) is 1. The van der Waals surface area contributed by atoms with Gasteiger partial charge in [-0.15, -0.1) is 0 Å². The van der Waals surface area contributed by atoms with Gasteiger partial charge in [-0.05, 0) is 52.4 Å². The molecule has 4 heteroatoms. The normalized spacial score (nSPS) is 27.6. The summed E-state index contributed by atoms with van der Waals surface area (Å²) in [6.07, 6.45) is 3.29. The van der Waals surface area contributed by atoms with Crippen molar-refractivity contribution in [3.63, 3.8) is 0 Å². The lowest BCUT2D eigenvalue weighted by atomic mass is 9.77. The van der Waals surface area contributed by atoms with E-state index in [2.05, 4.69) is 12.2 Å². The van der Waals surface area contributed by atoms with Gasteiger partial charge in [-0.25, -0.2) is 4.79 Å². The summed E-state index contributed by atoms with van der Waals surface area (Å²) in [4.78, 5) is 13.8. The maximum Gasteiger partial charge on any atom is 0.410 e. The lowest BCUT2D eigenvalue weighted by Crippen LogP contribution is -2.45. The van der Waals surface area contributed by atoms with Gasteiger partial charge in [0, 0.05) is 25.7 Å². The van der Waals surface area contributed by atoms with Crippen LogP contribution in [0.5, 0.6) is 0 Å². The van der Waals surface area contributed by atoms with E-state index >= 15 is 0 Å². The molecule has 1 N–H and O–H groups in total. The quantitative estimate of drug-likeness (QED) is 0.721. The van der Waals surface area contributed by atoms with Crippen molar-refractivity contribution < 1.29 is 9.53 Å². The van der Waals surface area contributed by atoms with E-state index in [0.717, 1.165) is 32.5 Å². The monoisotopic (exact) mass is 254 g/mol. The first-order chi connectivity index (χ1) is 8.30. The fourth-order valence-electron chi connectivity index (χ4n) is 3.06. The summed E-state index contributed by atoms with van der Waals surface area (Å²) in [6.45, 7) is 10.8. The Hall–Kier alpha value is -0.770. The highest BCUT2D eigenvalue weighted by Crippen LogP contribution is 2.39. The Labute approximate surface area is 110 Å². The van der Waals surface area contributed by atoms with E-state index in [0.29, 0.717) is 11.5 Å². The van der Waals surface area contributed by atoms with Crippen molar-refractivity contribution in [1.82, 2.24) is 10.2 Å². The molecular formula is C14H26N2O2. The Kier molecular flexibility index (Phi) is 3.58. The van der Waals surface area contributed by atoms with Gasteiger partial charge in [0.25, 0.3) is 0 Å². The molecule has 4 nitrogen and oxygen atoms in total. The summed E-state index contributed by atoms with van der Waals surface area (Å²) in [5.41, 5.74) is 0.0353. The van der Waals surface area contributed by atoms with Gasteiger partial charge in [-0.3, -0.25) is 0 Å². The van der Waals surface area contributed by atoms with Gasteiger partial charge >= 0.3 is 6.09 Å². The highest BCUT2D eigenvalue weighted by Gasteiger charge is 2.41. The molecule has 1 amide bonds. The summed E-state index contributed by atoms with van der Waals surface area (Å²) in [7, 11) is 0. The fraction of sp³-hybridized carbons (Fsp3) is 0.929. The fourth-order valence-corrected chi connectivity index (χ4v) is 3.06. The third kappa shape index (κ3) is 3.16. The number of ether oxygens (including phenoxy) is 1. The summed E-state index contributed by atoms with van der Waals surface area (Å²) in [6, 6.07) is 0.623. The summed E-state index contributed by atoms with van der Waals surface area (Å²) in [5.74, 6) is 0. The van der Waals surface area contributed by atoms with E-state index in [1.807, 2.05) is 25.7 Å². The number of carbonyl (C=O) groups is 1. The molecule has 2 aliphatic heterocycles. The summed E-state index contributed by atoms with van der Waals surface area (Å²) >= 11 is 0. The second-order valence-electron chi connectivity index (χ2n) is 6.95. The first kappa shape index (κ1) is 13.7. The topological polar surface area (TPSA) is 41.6 Å². The molecule has 0 radical (unpaired) electrons. The Bertz CT molecular complexity index is 314. The molecule has 0 aliphatic carbocycles. The molecule has 0 unspecified atom stereocenters. The van der Waals surface area contributed by atoms with Gasteiger partial charge in [0.1, 0.15) is 5.60 Å². The van der Waals surface area contributed by atoms with Gasteiger partial charge in [0.2, 0.25) is 0 Å². The van der Waals surface area contributed by atoms with Crippen LogP contribution in [-0.4, -0.2) is 42.3 Å². The van der Waals surface area contributed by atoms with Crippen molar-refractivity contribution in [2.24, 2.45) is 5.41 Å². The maximum atomic E-state index is 12.0. The number of hydrogen-bond donors (Lipinski definition) is 1. The van der Waals surface area contributed by atoms with E-state index in [-0.39, 0.29) is 6.09 Å². The molecule has 104 valence electrons. The van der Waals surface area contributed by atoms with Gasteiger partial charge in [0.05, 0.1) is 0 Å². The zero-order chi connectivity index (χ0) is 13.4. The van der Waals surface area contributed by atoms with Crippen LogP contribution < -0.4 is 5.32 Å². The standard InChI is InChI=1S/C14H26N2O2/c1-11-9-14(10-15-11)5-7-16(8-6-14)12(17)18-13(2,3)4/h11,15H,5-10H2,1-4H3/t11-/m1/s1. The van der Waals surface area contributed by atoms with Crippen molar-refractivity contribution in [2.75, 3.05) is 19.6 Å². The number of hydrogen-bond acceptors (Lipinski definition) is 3. The Balaban J connectivity index is 1.85. The van der Waals surface area contributed by atoms with E-state index in [1.165, 1.54) is 6.42 Å². The first-order valence-corrected chi connectivity index (χ1v) is 7.01. The molecule has 0 bridgehead atoms. The van der Waals surface area contributed by atoms with Crippen LogP contribution in [-0.2, 0) is 4.74 Å². The SMILES string of the molecule is C[C@@H]1CC2(CCN(C(=O)OC(C)(C)C)CC2)CN1. The van der Waals surface area contributed by atoms with Gasteiger partial charge in [-0.1, -0.05) is 0 Å². The van der Waals surface area contributed by atoms with Crippen LogP contribution in [0.3, 0.4) is 0 Å². The first-order valence-electron chi connectivity index (χ1n) is 7.01. The third-order valence-corrected chi connectivity index (χ3v) is 4.04. The molecule has 0 aromatic rings. The third-order valence-electron chi connectivity index (χ3n) is 4.04. The maximum absolute atomic E-state index is 12.0. The van der Waals surface area contributed by atoms with Crippen LogP contribution in [0.4, 0.5) is 4.79 Å². The van der Waals surface area contributed by atoms with Crippen LogP contribution in [0, 0.1) is 5.41 Å². The van der Waals surface area contributed by atoms with Crippen LogP contribution >= 0.6 is 0 Å². The van der Waals surface area contributed by atoms with Crippen molar-refractivity contribution >= 4 is 6.09 Å². The number of carbonyl (C=O) groups excluding carboxylic acids is 1. The molecule has 0 saturated carbocycles. The molecular weight excluding hydrogens is 228 g/mol. The number of rotatable bonds is 0. The predicted molar refractivity (Wildman–Crippen MR) is 71.6 cm³/mol. The van der Waals surface area contributed by atoms with Crippen molar-refractivity contribution in [3.8, 4) is 0 Å². The predicted octanol–water partition coefficient (Wildman–Crippen LogP) is 2.39. The minimum atomic E-state index is -0.393. The zero-order valence-corrected chi connectivity index (χ0v) is 12.1. The number of likely N-dealkylation sites (tertiary alicyclic amines) is 1. The number of piperidine rings is 1. The molecule has 18 heavy (non-hydrogen) atoms. The van der Waals surface area contributed by atoms with Crippen LogP contribution in [0.2, 0.25) is 0 Å². The molecule has 0 aromatic carbocycles. The van der Waals surface area contributed by atoms with Gasteiger partial charge in [-0.2, -0.15) is 0 Å². The second-order valence-corrected chi connectivity index (χ2v) is 6.95. The van der Waals surface area contributed by atoms with Crippen molar-refractivity contribution in [2.45, 2.75) is 58.6 Å². The largest absolute Gasteiger partial charge is 0.444 e. The van der Waals surface area contributed by atoms with Crippen LogP contribution in [0.15, 0.2) is 0 Å². The van der Waals surface area contributed by atoms with Crippen LogP contribution in [0.25, 0.3) is 0 Å². The molecule has 2 aliphatic rings. The molecule has 2 saturated heterocycles. The molecule has 1 spiro atoms. The Morgan fingerprint density at radius 2 is 1.94 bits per heavy atom. The minimum absolute atomic E-state index is 0.156. The number of nitrogens with zero attached hydrogens (tertiary/aromatic N) is 1. The Morgan fingerprint density at radius 1 is 1.33 bits per heavy atom. The lowest BCUT2D eigenvalue weighted by molar-refractivity contribution is 0.0118. The van der Waals surface area contributed by atoms with E-state index < -0.39 is 5.60 Å². The lowest BCUT2D eigenvalue weighted by Gasteiger charge is -2.39. The highest BCUT2D eigenvalue weighted by molar-refractivity contribution is 5.68. The summed E-state index contributed by atoms with van der Waals surface area (Å²) < 4.78 is 5.42. The highest BCUT2D eigenvalue weighted by atomic mass is 16.6.